The second-order valence-corrected chi connectivity index (χ2v) is 10.00. The molecule has 0 unspecified atom stereocenters. The molecular formula is C20H34N2S. The molecule has 0 bridgehead atoms. The molecule has 130 valence electrons. The third-order valence-electron chi connectivity index (χ3n) is 4.19. The van der Waals surface area contributed by atoms with Gasteiger partial charge in [-0.05, 0) is 43.5 Å². The zero-order chi connectivity index (χ0) is 16.9. The fraction of sp³-hybridized carbons (Fsp3) is 0.700. The summed E-state index contributed by atoms with van der Waals surface area (Å²) >= 11 is 2.00. The highest BCUT2D eigenvalue weighted by atomic mass is 32.2. The van der Waals surface area contributed by atoms with E-state index in [0.717, 1.165) is 25.7 Å². The van der Waals surface area contributed by atoms with Crippen molar-refractivity contribution in [2.24, 2.45) is 5.92 Å². The van der Waals surface area contributed by atoms with Gasteiger partial charge in [-0.1, -0.05) is 52.8 Å². The fourth-order valence-corrected chi connectivity index (χ4v) is 4.34. The SMILES string of the molecule is CC(C)CN(Cc1ccccc1SC(C)(C)C)C1CCNCC1. The highest BCUT2D eigenvalue weighted by Gasteiger charge is 2.23. The molecular weight excluding hydrogens is 300 g/mol. The molecule has 1 saturated heterocycles. The molecule has 23 heavy (non-hydrogen) atoms. The molecule has 3 heteroatoms. The van der Waals surface area contributed by atoms with Crippen LogP contribution in [0, 0.1) is 5.92 Å². The first-order valence-electron chi connectivity index (χ1n) is 9.07. The number of hydrogen-bond acceptors (Lipinski definition) is 3. The predicted octanol–water partition coefficient (Wildman–Crippen LogP) is 4.79. The van der Waals surface area contributed by atoms with Gasteiger partial charge in [-0.15, -0.1) is 11.8 Å². The van der Waals surface area contributed by atoms with Crippen LogP contribution in [0.5, 0.6) is 0 Å². The first-order chi connectivity index (χ1) is 10.8. The molecule has 0 aromatic heterocycles. The van der Waals surface area contributed by atoms with Gasteiger partial charge in [0.15, 0.2) is 0 Å². The Morgan fingerprint density at radius 3 is 2.43 bits per heavy atom. The number of rotatable bonds is 6. The van der Waals surface area contributed by atoms with Gasteiger partial charge in [-0.2, -0.15) is 0 Å². The number of thioether (sulfide) groups is 1. The van der Waals surface area contributed by atoms with E-state index in [2.05, 4.69) is 69.1 Å². The van der Waals surface area contributed by atoms with Crippen LogP contribution in [0.25, 0.3) is 0 Å². The molecule has 1 aromatic rings. The van der Waals surface area contributed by atoms with Crippen molar-refractivity contribution in [3.63, 3.8) is 0 Å². The van der Waals surface area contributed by atoms with E-state index >= 15 is 0 Å². The minimum atomic E-state index is 0.258. The second-order valence-electron chi connectivity index (χ2n) is 8.13. The van der Waals surface area contributed by atoms with Crippen molar-refractivity contribution in [1.82, 2.24) is 10.2 Å². The Hall–Kier alpha value is -0.510. The lowest BCUT2D eigenvalue weighted by Crippen LogP contribution is -2.44. The first-order valence-corrected chi connectivity index (χ1v) is 9.88. The van der Waals surface area contributed by atoms with E-state index in [4.69, 9.17) is 0 Å². The van der Waals surface area contributed by atoms with E-state index in [1.807, 2.05) is 11.8 Å². The second kappa shape index (κ2) is 8.55. The average molecular weight is 335 g/mol. The summed E-state index contributed by atoms with van der Waals surface area (Å²) in [5.74, 6) is 0.715. The third kappa shape index (κ3) is 6.48. The summed E-state index contributed by atoms with van der Waals surface area (Å²) in [6.07, 6.45) is 2.56. The highest BCUT2D eigenvalue weighted by Crippen LogP contribution is 2.35. The summed E-state index contributed by atoms with van der Waals surface area (Å²) < 4.78 is 0.258. The van der Waals surface area contributed by atoms with Crippen molar-refractivity contribution in [1.29, 1.82) is 0 Å². The minimum Gasteiger partial charge on any atom is -0.317 e. The van der Waals surface area contributed by atoms with E-state index < -0.39 is 0 Å². The molecule has 0 saturated carbocycles. The van der Waals surface area contributed by atoms with Crippen LogP contribution in [0.2, 0.25) is 0 Å². The van der Waals surface area contributed by atoms with Crippen molar-refractivity contribution in [3.05, 3.63) is 29.8 Å². The van der Waals surface area contributed by atoms with Crippen molar-refractivity contribution in [2.45, 2.75) is 69.7 Å². The van der Waals surface area contributed by atoms with Crippen LogP contribution in [0.15, 0.2) is 29.2 Å². The van der Waals surface area contributed by atoms with Gasteiger partial charge >= 0.3 is 0 Å². The van der Waals surface area contributed by atoms with Gasteiger partial charge in [-0.3, -0.25) is 4.90 Å². The molecule has 2 rings (SSSR count). The Bertz CT molecular complexity index is 473. The van der Waals surface area contributed by atoms with E-state index in [1.165, 1.54) is 29.8 Å². The summed E-state index contributed by atoms with van der Waals surface area (Å²) in [5, 5.41) is 3.50. The number of piperidine rings is 1. The van der Waals surface area contributed by atoms with Gasteiger partial charge in [0.1, 0.15) is 0 Å². The summed E-state index contributed by atoms with van der Waals surface area (Å²) in [6.45, 7) is 16.2. The molecule has 1 aromatic carbocycles. The summed E-state index contributed by atoms with van der Waals surface area (Å²) in [4.78, 5) is 4.18. The zero-order valence-corrected chi connectivity index (χ0v) is 16.4. The molecule has 1 aliphatic rings. The van der Waals surface area contributed by atoms with Crippen LogP contribution in [0.3, 0.4) is 0 Å². The Morgan fingerprint density at radius 1 is 1.17 bits per heavy atom. The molecule has 0 aliphatic carbocycles. The number of hydrogen-bond donors (Lipinski definition) is 1. The van der Waals surface area contributed by atoms with Gasteiger partial charge in [0, 0.05) is 28.8 Å². The van der Waals surface area contributed by atoms with Crippen LogP contribution >= 0.6 is 11.8 Å². The minimum absolute atomic E-state index is 0.258. The Labute approximate surface area is 147 Å². The van der Waals surface area contributed by atoms with Crippen molar-refractivity contribution in [3.8, 4) is 0 Å². The fourth-order valence-electron chi connectivity index (χ4n) is 3.27. The number of nitrogens with one attached hydrogen (secondary N) is 1. The normalized spacial score (nSPS) is 17.2. The van der Waals surface area contributed by atoms with Gasteiger partial charge in [-0.25, -0.2) is 0 Å². The zero-order valence-electron chi connectivity index (χ0n) is 15.6. The molecule has 0 atom stereocenters. The Balaban J connectivity index is 2.15. The summed E-state index contributed by atoms with van der Waals surface area (Å²) in [7, 11) is 0. The van der Waals surface area contributed by atoms with Crippen molar-refractivity contribution in [2.75, 3.05) is 19.6 Å². The average Bonchev–Trinajstić information content (AvgIpc) is 2.47. The standard InChI is InChI=1S/C20H34N2S/c1-16(2)14-22(18-10-12-21-13-11-18)15-17-8-6-7-9-19(17)23-20(3,4)5/h6-9,16,18,21H,10-15H2,1-5H3. The predicted molar refractivity (Wildman–Crippen MR) is 103 cm³/mol. The van der Waals surface area contributed by atoms with Gasteiger partial charge in [0.2, 0.25) is 0 Å². The van der Waals surface area contributed by atoms with Crippen LogP contribution in [0.1, 0.15) is 53.0 Å². The topological polar surface area (TPSA) is 15.3 Å². The molecule has 1 heterocycles. The third-order valence-corrected chi connectivity index (χ3v) is 5.42. The number of benzene rings is 1. The van der Waals surface area contributed by atoms with Gasteiger partial charge in [0.05, 0.1) is 0 Å². The molecule has 1 N–H and O–H groups in total. The molecule has 0 radical (unpaired) electrons. The van der Waals surface area contributed by atoms with E-state index in [0.29, 0.717) is 5.92 Å². The maximum Gasteiger partial charge on any atom is 0.0247 e. The summed E-state index contributed by atoms with van der Waals surface area (Å²) in [6, 6.07) is 9.71. The first kappa shape index (κ1) is 18.8. The van der Waals surface area contributed by atoms with Crippen molar-refractivity contribution >= 4 is 11.8 Å². The number of nitrogens with zero attached hydrogens (tertiary/aromatic N) is 1. The van der Waals surface area contributed by atoms with Crippen LogP contribution in [-0.4, -0.2) is 35.3 Å². The highest BCUT2D eigenvalue weighted by molar-refractivity contribution is 8.00. The Morgan fingerprint density at radius 2 is 1.83 bits per heavy atom. The van der Waals surface area contributed by atoms with E-state index in [1.54, 1.807) is 0 Å². The van der Waals surface area contributed by atoms with E-state index in [9.17, 15) is 0 Å². The molecule has 0 amide bonds. The Kier molecular flexibility index (Phi) is 7.00. The molecule has 0 spiro atoms. The molecule has 1 aliphatic heterocycles. The largest absolute Gasteiger partial charge is 0.317 e. The quantitative estimate of drug-likeness (QED) is 0.753. The van der Waals surface area contributed by atoms with Crippen LogP contribution in [-0.2, 0) is 6.54 Å². The maximum atomic E-state index is 3.50. The van der Waals surface area contributed by atoms with Gasteiger partial charge in [0.25, 0.3) is 0 Å². The van der Waals surface area contributed by atoms with Crippen LogP contribution < -0.4 is 5.32 Å². The van der Waals surface area contributed by atoms with Gasteiger partial charge < -0.3 is 5.32 Å². The molecule has 2 nitrogen and oxygen atoms in total. The lowest BCUT2D eigenvalue weighted by atomic mass is 10.0. The maximum absolute atomic E-state index is 3.50. The van der Waals surface area contributed by atoms with Crippen molar-refractivity contribution < 1.29 is 0 Å². The lowest BCUT2D eigenvalue weighted by molar-refractivity contribution is 0.136. The summed E-state index contributed by atoms with van der Waals surface area (Å²) in [5.41, 5.74) is 1.49. The monoisotopic (exact) mass is 334 g/mol. The lowest BCUT2D eigenvalue weighted by Gasteiger charge is -2.36. The van der Waals surface area contributed by atoms with E-state index in [-0.39, 0.29) is 4.75 Å². The molecule has 1 fully saturated rings. The smallest absolute Gasteiger partial charge is 0.0247 e. The van der Waals surface area contributed by atoms with Crippen LogP contribution in [0.4, 0.5) is 0 Å².